The van der Waals surface area contributed by atoms with E-state index in [0.717, 1.165) is 24.0 Å². The molecule has 1 fully saturated rings. The fourth-order valence-electron chi connectivity index (χ4n) is 3.46. The van der Waals surface area contributed by atoms with Gasteiger partial charge in [0.05, 0.1) is 6.54 Å². The van der Waals surface area contributed by atoms with E-state index < -0.39 is 0 Å². The lowest BCUT2D eigenvalue weighted by atomic mass is 9.96. The summed E-state index contributed by atoms with van der Waals surface area (Å²) >= 11 is 0. The third-order valence-corrected chi connectivity index (χ3v) is 5.47. The summed E-state index contributed by atoms with van der Waals surface area (Å²) in [7, 11) is 1.68. The van der Waals surface area contributed by atoms with Crippen molar-refractivity contribution in [2.75, 3.05) is 26.7 Å². The summed E-state index contributed by atoms with van der Waals surface area (Å²) in [6.45, 7) is 4.04. The molecular formula is C23H29FN4O. The Hall–Kier alpha value is -2.89. The van der Waals surface area contributed by atoms with E-state index in [1.165, 1.54) is 6.07 Å². The number of rotatable bonds is 8. The molecule has 0 bridgehead atoms. The number of hydrogen-bond acceptors (Lipinski definition) is 2. The van der Waals surface area contributed by atoms with Crippen LogP contribution in [-0.2, 0) is 16.8 Å². The Morgan fingerprint density at radius 3 is 2.52 bits per heavy atom. The molecule has 0 aromatic heterocycles. The van der Waals surface area contributed by atoms with Gasteiger partial charge in [-0.1, -0.05) is 42.5 Å². The summed E-state index contributed by atoms with van der Waals surface area (Å²) in [6.07, 6.45) is 2.03. The van der Waals surface area contributed by atoms with Crippen LogP contribution in [0.1, 0.15) is 30.9 Å². The number of guanidine groups is 1. The molecule has 6 heteroatoms. The highest BCUT2D eigenvalue weighted by Crippen LogP contribution is 2.47. The van der Waals surface area contributed by atoms with Crippen LogP contribution in [-0.4, -0.2) is 43.4 Å². The molecular weight excluding hydrogens is 367 g/mol. The Bertz CT molecular complexity index is 849. The molecule has 154 valence electrons. The van der Waals surface area contributed by atoms with Gasteiger partial charge in [-0.3, -0.25) is 9.79 Å². The first-order valence-corrected chi connectivity index (χ1v) is 10.1. The van der Waals surface area contributed by atoms with Gasteiger partial charge in [-0.2, -0.15) is 0 Å². The van der Waals surface area contributed by atoms with Crippen LogP contribution in [0, 0.1) is 5.82 Å². The second-order valence-corrected chi connectivity index (χ2v) is 7.46. The van der Waals surface area contributed by atoms with Crippen molar-refractivity contribution < 1.29 is 9.18 Å². The third kappa shape index (κ3) is 5.56. The van der Waals surface area contributed by atoms with Crippen molar-refractivity contribution in [2.24, 2.45) is 4.99 Å². The van der Waals surface area contributed by atoms with Gasteiger partial charge in [0.15, 0.2) is 5.96 Å². The monoisotopic (exact) mass is 396 g/mol. The SMILES string of the molecule is CCN(Cc1ccccc1)C(=O)CNC(=NC)NCC1(c2cccc(F)c2)CC1. The maximum Gasteiger partial charge on any atom is 0.242 e. The van der Waals surface area contributed by atoms with E-state index in [4.69, 9.17) is 0 Å². The second-order valence-electron chi connectivity index (χ2n) is 7.46. The zero-order valence-corrected chi connectivity index (χ0v) is 17.1. The molecule has 5 nitrogen and oxygen atoms in total. The first-order chi connectivity index (χ1) is 14.1. The van der Waals surface area contributed by atoms with Gasteiger partial charge in [0.2, 0.25) is 5.91 Å². The molecule has 29 heavy (non-hydrogen) atoms. The van der Waals surface area contributed by atoms with Crippen molar-refractivity contribution in [3.8, 4) is 0 Å². The summed E-state index contributed by atoms with van der Waals surface area (Å²) in [5.74, 6) is 0.391. The van der Waals surface area contributed by atoms with Crippen LogP contribution in [0.15, 0.2) is 59.6 Å². The van der Waals surface area contributed by atoms with Crippen LogP contribution in [0.25, 0.3) is 0 Å². The number of nitrogens with zero attached hydrogens (tertiary/aromatic N) is 2. The van der Waals surface area contributed by atoms with E-state index in [2.05, 4.69) is 15.6 Å². The van der Waals surface area contributed by atoms with E-state index in [9.17, 15) is 9.18 Å². The number of carbonyl (C=O) groups excluding carboxylic acids is 1. The topological polar surface area (TPSA) is 56.7 Å². The van der Waals surface area contributed by atoms with Crippen LogP contribution < -0.4 is 10.6 Å². The lowest BCUT2D eigenvalue weighted by molar-refractivity contribution is -0.130. The highest BCUT2D eigenvalue weighted by Gasteiger charge is 2.44. The van der Waals surface area contributed by atoms with Crippen molar-refractivity contribution >= 4 is 11.9 Å². The molecule has 1 aliphatic rings. The highest BCUT2D eigenvalue weighted by molar-refractivity contribution is 5.86. The zero-order valence-electron chi connectivity index (χ0n) is 17.1. The number of nitrogens with one attached hydrogen (secondary N) is 2. The predicted molar refractivity (Wildman–Crippen MR) is 114 cm³/mol. The Balaban J connectivity index is 1.50. The van der Waals surface area contributed by atoms with Gasteiger partial charge in [-0.15, -0.1) is 0 Å². The molecule has 0 saturated heterocycles. The molecule has 0 unspecified atom stereocenters. The molecule has 1 amide bonds. The van der Waals surface area contributed by atoms with E-state index in [-0.39, 0.29) is 23.7 Å². The van der Waals surface area contributed by atoms with Crippen LogP contribution >= 0.6 is 0 Å². The molecule has 0 spiro atoms. The summed E-state index contributed by atoms with van der Waals surface area (Å²) in [5, 5.41) is 6.40. The van der Waals surface area contributed by atoms with Gasteiger partial charge < -0.3 is 15.5 Å². The maximum absolute atomic E-state index is 13.6. The molecule has 0 heterocycles. The van der Waals surface area contributed by atoms with Gasteiger partial charge in [-0.05, 0) is 43.0 Å². The molecule has 2 aromatic carbocycles. The molecule has 0 atom stereocenters. The maximum atomic E-state index is 13.6. The van der Waals surface area contributed by atoms with E-state index in [0.29, 0.717) is 25.6 Å². The van der Waals surface area contributed by atoms with Crippen LogP contribution in [0.3, 0.4) is 0 Å². The molecule has 1 aliphatic carbocycles. The van der Waals surface area contributed by atoms with Crippen molar-refractivity contribution in [3.05, 3.63) is 71.5 Å². The Kier molecular flexibility index (Phi) is 6.86. The Morgan fingerprint density at radius 2 is 1.90 bits per heavy atom. The number of hydrogen-bond donors (Lipinski definition) is 2. The average molecular weight is 397 g/mol. The molecule has 1 saturated carbocycles. The Labute approximate surface area is 172 Å². The van der Waals surface area contributed by atoms with Gasteiger partial charge in [0.1, 0.15) is 5.82 Å². The molecule has 2 N–H and O–H groups in total. The zero-order chi connectivity index (χ0) is 20.7. The van der Waals surface area contributed by atoms with Crippen LogP contribution in [0.5, 0.6) is 0 Å². The van der Waals surface area contributed by atoms with Crippen molar-refractivity contribution in [1.82, 2.24) is 15.5 Å². The van der Waals surface area contributed by atoms with Crippen molar-refractivity contribution in [3.63, 3.8) is 0 Å². The quantitative estimate of drug-likeness (QED) is 0.533. The summed E-state index contributed by atoms with van der Waals surface area (Å²) in [5.41, 5.74) is 2.07. The predicted octanol–water partition coefficient (Wildman–Crippen LogP) is 3.07. The molecule has 2 aromatic rings. The van der Waals surface area contributed by atoms with Gasteiger partial charge in [0, 0.05) is 32.1 Å². The molecule has 0 aliphatic heterocycles. The first-order valence-electron chi connectivity index (χ1n) is 10.1. The van der Waals surface area contributed by atoms with Gasteiger partial charge in [-0.25, -0.2) is 4.39 Å². The lowest BCUT2D eigenvalue weighted by Gasteiger charge is -2.23. The summed E-state index contributed by atoms with van der Waals surface area (Å²) in [6, 6.07) is 16.8. The van der Waals surface area contributed by atoms with E-state index in [1.807, 2.05) is 48.2 Å². The minimum atomic E-state index is -0.208. The number of aliphatic imine (C=N–C) groups is 1. The summed E-state index contributed by atoms with van der Waals surface area (Å²) < 4.78 is 13.6. The number of amides is 1. The number of likely N-dealkylation sites (N-methyl/N-ethyl adjacent to an activating group) is 1. The second kappa shape index (κ2) is 9.54. The Morgan fingerprint density at radius 1 is 1.14 bits per heavy atom. The number of carbonyl (C=O) groups is 1. The number of benzene rings is 2. The summed E-state index contributed by atoms with van der Waals surface area (Å²) in [4.78, 5) is 18.6. The largest absolute Gasteiger partial charge is 0.356 e. The fraction of sp³-hybridized carbons (Fsp3) is 0.391. The lowest BCUT2D eigenvalue weighted by Crippen LogP contribution is -2.46. The van der Waals surface area contributed by atoms with Crippen molar-refractivity contribution in [2.45, 2.75) is 31.7 Å². The standard InChI is InChI=1S/C23H29FN4O/c1-3-28(16-18-8-5-4-6-9-18)21(29)15-26-22(25-2)27-17-23(12-13-23)19-10-7-11-20(24)14-19/h4-11,14H,3,12-13,15-17H2,1-2H3,(H2,25,26,27). The van der Waals surface area contributed by atoms with Crippen LogP contribution in [0.4, 0.5) is 4.39 Å². The fourth-order valence-corrected chi connectivity index (χ4v) is 3.46. The van der Waals surface area contributed by atoms with Gasteiger partial charge >= 0.3 is 0 Å². The van der Waals surface area contributed by atoms with E-state index >= 15 is 0 Å². The minimum absolute atomic E-state index is 0.0190. The van der Waals surface area contributed by atoms with E-state index in [1.54, 1.807) is 19.2 Å². The highest BCUT2D eigenvalue weighted by atomic mass is 19.1. The average Bonchev–Trinajstić information content (AvgIpc) is 3.54. The van der Waals surface area contributed by atoms with Crippen LogP contribution in [0.2, 0.25) is 0 Å². The molecule has 0 radical (unpaired) electrons. The first kappa shape index (κ1) is 20.8. The van der Waals surface area contributed by atoms with Crippen molar-refractivity contribution in [1.29, 1.82) is 0 Å². The number of halogens is 1. The van der Waals surface area contributed by atoms with Gasteiger partial charge in [0.25, 0.3) is 0 Å². The minimum Gasteiger partial charge on any atom is -0.356 e. The smallest absolute Gasteiger partial charge is 0.242 e. The molecule has 3 rings (SSSR count). The normalized spacial score (nSPS) is 14.9. The third-order valence-electron chi connectivity index (χ3n) is 5.47.